The summed E-state index contributed by atoms with van der Waals surface area (Å²) in [5, 5.41) is 10.3. The first-order valence-corrected chi connectivity index (χ1v) is 14.3. The van der Waals surface area contributed by atoms with E-state index >= 15 is 0 Å². The van der Waals surface area contributed by atoms with Crippen LogP contribution in [0.1, 0.15) is 51.6 Å². The van der Waals surface area contributed by atoms with Crippen molar-refractivity contribution in [1.82, 2.24) is 14.5 Å². The van der Waals surface area contributed by atoms with E-state index in [9.17, 15) is 14.3 Å². The van der Waals surface area contributed by atoms with E-state index in [1.165, 1.54) is 18.5 Å². The summed E-state index contributed by atoms with van der Waals surface area (Å²) >= 11 is 0. The van der Waals surface area contributed by atoms with Gasteiger partial charge >= 0.3 is 0 Å². The van der Waals surface area contributed by atoms with E-state index in [1.807, 2.05) is 6.07 Å². The Labute approximate surface area is 174 Å². The van der Waals surface area contributed by atoms with Crippen molar-refractivity contribution in [2.75, 3.05) is 6.26 Å². The second-order valence-electron chi connectivity index (χ2n) is 9.15. The molecular weight excluding hydrogens is 404 g/mol. The van der Waals surface area contributed by atoms with Crippen molar-refractivity contribution >= 4 is 30.2 Å². The molecule has 1 aliphatic carbocycles. The highest BCUT2D eigenvalue weighted by atomic mass is 32.2. The van der Waals surface area contributed by atoms with Crippen LogP contribution in [0, 0.1) is 11.3 Å². The zero-order valence-corrected chi connectivity index (χ0v) is 19.7. The zero-order valence-electron chi connectivity index (χ0n) is 17.9. The minimum absolute atomic E-state index is 0.0517. The van der Waals surface area contributed by atoms with Crippen LogP contribution in [-0.2, 0) is 15.2 Å². The first-order valence-electron chi connectivity index (χ1n) is 9.80. The highest BCUT2D eigenvalue weighted by Gasteiger charge is 2.43. The molecule has 0 aliphatic heterocycles. The molecule has 1 fully saturated rings. The number of pyridine rings is 1. The molecule has 2 aromatic heterocycles. The molecule has 2 heterocycles. The predicted octanol–water partition coefficient (Wildman–Crippen LogP) is 3.52. The first kappa shape index (κ1) is 21.8. The van der Waals surface area contributed by atoms with Gasteiger partial charge in [0.25, 0.3) is 5.56 Å². The molecular formula is C20H28N4O3SSi. The summed E-state index contributed by atoms with van der Waals surface area (Å²) in [7, 11) is -3.41. The number of nitrogens with zero attached hydrogens (tertiary/aromatic N) is 4. The minimum Gasteiger partial charge on any atom is -0.412 e. The molecule has 9 heteroatoms. The molecule has 7 nitrogen and oxygen atoms in total. The number of hydrogen-bond donors (Lipinski definition) is 0. The average Bonchev–Trinajstić information content (AvgIpc) is 3.06. The Balaban J connectivity index is 2.17. The normalized spacial score (nSPS) is 21.3. The van der Waals surface area contributed by atoms with Gasteiger partial charge in [-0.1, -0.05) is 20.8 Å². The third kappa shape index (κ3) is 4.06. The zero-order chi connectivity index (χ0) is 21.6. The molecule has 0 aromatic carbocycles. The number of nitriles is 1. The van der Waals surface area contributed by atoms with Crippen LogP contribution in [0.4, 0.5) is 0 Å². The van der Waals surface area contributed by atoms with Gasteiger partial charge < -0.3 is 4.43 Å². The third-order valence-corrected chi connectivity index (χ3v) is 11.3. The monoisotopic (exact) mass is 432 g/mol. The van der Waals surface area contributed by atoms with Crippen LogP contribution in [0.5, 0.6) is 0 Å². The molecule has 0 bridgehead atoms. The number of rotatable bonds is 4. The van der Waals surface area contributed by atoms with Crippen molar-refractivity contribution in [3.05, 3.63) is 28.2 Å². The van der Waals surface area contributed by atoms with Crippen LogP contribution in [0.25, 0.3) is 11.0 Å². The Morgan fingerprint density at radius 3 is 2.62 bits per heavy atom. The fraction of sp³-hybridized carbons (Fsp3) is 0.600. The number of hydrogen-bond acceptors (Lipinski definition) is 6. The first-order chi connectivity index (χ1) is 13.5. The second-order valence-corrected chi connectivity index (χ2v) is 15.2. The highest BCUT2D eigenvalue weighted by molar-refractivity contribution is 7.84. The van der Waals surface area contributed by atoms with Crippen LogP contribution >= 0.6 is 0 Å². The lowest BCUT2D eigenvalue weighted by Crippen LogP contribution is -2.46. The van der Waals surface area contributed by atoms with Crippen molar-refractivity contribution in [2.24, 2.45) is 0 Å². The minimum atomic E-state index is -2.04. The topological polar surface area (TPSA) is 97.9 Å². The Morgan fingerprint density at radius 1 is 1.34 bits per heavy atom. The predicted molar refractivity (Wildman–Crippen MR) is 116 cm³/mol. The molecule has 1 aliphatic rings. The fourth-order valence-electron chi connectivity index (χ4n) is 3.53. The molecule has 0 spiro atoms. The van der Waals surface area contributed by atoms with Gasteiger partial charge in [-0.3, -0.25) is 13.6 Å². The average molecular weight is 433 g/mol. The maximum absolute atomic E-state index is 13.2. The van der Waals surface area contributed by atoms with E-state index < -0.39 is 19.1 Å². The Hall–Kier alpha value is -1.89. The maximum atomic E-state index is 13.2. The molecule has 156 valence electrons. The molecule has 3 unspecified atom stereocenters. The molecule has 1 saturated carbocycles. The lowest BCUT2D eigenvalue weighted by molar-refractivity contribution is 0.144. The van der Waals surface area contributed by atoms with E-state index in [0.29, 0.717) is 11.0 Å². The van der Waals surface area contributed by atoms with Crippen molar-refractivity contribution in [3.63, 3.8) is 0 Å². The lowest BCUT2D eigenvalue weighted by atomic mass is 10.1. The standard InChI is InChI=1S/C20H28N4O3SSi/c1-20(2,3)29(5,6)27-16-9-7-8-15(16)24-17-14(10-13(11-21)18(24)25)12-22-19(23-17)28(4)26/h10,12,15-16H,7-9H2,1-6H3. The van der Waals surface area contributed by atoms with Gasteiger partial charge in [-0.05, 0) is 43.5 Å². The Bertz CT molecular complexity index is 1070. The second kappa shape index (κ2) is 7.74. The van der Waals surface area contributed by atoms with E-state index in [-0.39, 0.29) is 33.5 Å². The SMILES string of the molecule is CS(=O)c1ncc2cc(C#N)c(=O)n(C3CCCC3O[Si](C)(C)C(C)(C)C)c2n1. The van der Waals surface area contributed by atoms with E-state index in [0.717, 1.165) is 19.3 Å². The summed E-state index contributed by atoms with van der Waals surface area (Å²) in [6.45, 7) is 11.0. The summed E-state index contributed by atoms with van der Waals surface area (Å²) in [5.74, 6) is 0. The van der Waals surface area contributed by atoms with Crippen molar-refractivity contribution < 1.29 is 8.63 Å². The quantitative estimate of drug-likeness (QED) is 0.541. The summed E-state index contributed by atoms with van der Waals surface area (Å²) in [4.78, 5) is 21.7. The maximum Gasteiger partial charge on any atom is 0.270 e. The number of fused-ring (bicyclic) bond motifs is 1. The van der Waals surface area contributed by atoms with E-state index in [2.05, 4.69) is 43.8 Å². The molecule has 29 heavy (non-hydrogen) atoms. The Morgan fingerprint density at radius 2 is 2.03 bits per heavy atom. The van der Waals surface area contributed by atoms with Crippen LogP contribution in [0.15, 0.2) is 22.2 Å². The smallest absolute Gasteiger partial charge is 0.270 e. The molecule has 0 N–H and O–H groups in total. The fourth-order valence-corrected chi connectivity index (χ4v) is 5.33. The molecule has 3 rings (SSSR count). The van der Waals surface area contributed by atoms with Crippen molar-refractivity contribution in [1.29, 1.82) is 5.26 Å². The van der Waals surface area contributed by atoms with Crippen LogP contribution in [-0.4, -0.2) is 39.4 Å². The van der Waals surface area contributed by atoms with Gasteiger partial charge in [0.15, 0.2) is 8.32 Å². The summed E-state index contributed by atoms with van der Waals surface area (Å²) in [6.07, 6.45) is 5.50. The van der Waals surface area contributed by atoms with Crippen molar-refractivity contribution in [3.8, 4) is 6.07 Å². The van der Waals surface area contributed by atoms with E-state index in [4.69, 9.17) is 4.43 Å². The van der Waals surface area contributed by atoms with Gasteiger partial charge in [-0.2, -0.15) is 5.26 Å². The van der Waals surface area contributed by atoms with Gasteiger partial charge in [0.05, 0.1) is 22.9 Å². The van der Waals surface area contributed by atoms with Crippen molar-refractivity contribution in [2.45, 2.75) is 75.5 Å². The van der Waals surface area contributed by atoms with Gasteiger partial charge in [-0.25, -0.2) is 9.97 Å². The third-order valence-electron chi connectivity index (χ3n) is 6.13. The number of aromatic nitrogens is 3. The summed E-state index contributed by atoms with van der Waals surface area (Å²) in [5.41, 5.74) is 0.108. The van der Waals surface area contributed by atoms with Crippen LogP contribution < -0.4 is 5.56 Å². The molecule has 0 radical (unpaired) electrons. The highest BCUT2D eigenvalue weighted by Crippen LogP contribution is 2.42. The van der Waals surface area contributed by atoms with Crippen LogP contribution in [0.2, 0.25) is 18.1 Å². The molecule has 2 aromatic rings. The van der Waals surface area contributed by atoms with Gasteiger partial charge in [0, 0.05) is 17.8 Å². The lowest BCUT2D eigenvalue weighted by Gasteiger charge is -2.40. The summed E-state index contributed by atoms with van der Waals surface area (Å²) < 4.78 is 20.2. The summed E-state index contributed by atoms with van der Waals surface area (Å²) in [6, 6.07) is 3.30. The molecule has 0 saturated heterocycles. The molecule has 0 amide bonds. The van der Waals surface area contributed by atoms with Gasteiger partial charge in [-0.15, -0.1) is 0 Å². The largest absolute Gasteiger partial charge is 0.412 e. The van der Waals surface area contributed by atoms with Gasteiger partial charge in [0.1, 0.15) is 17.3 Å². The van der Waals surface area contributed by atoms with E-state index in [1.54, 1.807) is 4.57 Å². The van der Waals surface area contributed by atoms with Gasteiger partial charge in [0.2, 0.25) is 5.16 Å². The Kier molecular flexibility index (Phi) is 5.82. The molecule has 3 atom stereocenters. The van der Waals surface area contributed by atoms with Crippen LogP contribution in [0.3, 0.4) is 0 Å².